The van der Waals surface area contributed by atoms with Crippen LogP contribution in [0.3, 0.4) is 0 Å². The van der Waals surface area contributed by atoms with Gasteiger partial charge < -0.3 is 10.6 Å². The Morgan fingerprint density at radius 3 is 2.85 bits per heavy atom. The van der Waals surface area contributed by atoms with Crippen LogP contribution in [0, 0.1) is 5.82 Å². The molecule has 1 aliphatic rings. The number of aromatic nitrogens is 2. The van der Waals surface area contributed by atoms with Gasteiger partial charge in [0.2, 0.25) is 0 Å². The second-order valence-corrected chi connectivity index (χ2v) is 4.59. The van der Waals surface area contributed by atoms with Gasteiger partial charge in [-0.15, -0.1) is 0 Å². The van der Waals surface area contributed by atoms with Crippen LogP contribution in [0.15, 0.2) is 41.5 Å². The molecule has 0 radical (unpaired) electrons. The Morgan fingerprint density at radius 2 is 2.10 bits per heavy atom. The highest BCUT2D eigenvalue weighted by molar-refractivity contribution is 5.80. The molecule has 2 heterocycles. The van der Waals surface area contributed by atoms with Crippen molar-refractivity contribution in [1.29, 1.82) is 0 Å². The lowest BCUT2D eigenvalue weighted by Gasteiger charge is -2.15. The Morgan fingerprint density at radius 1 is 1.25 bits per heavy atom. The van der Waals surface area contributed by atoms with E-state index in [1.54, 1.807) is 16.8 Å². The van der Waals surface area contributed by atoms with Crippen LogP contribution in [-0.4, -0.2) is 28.8 Å². The number of benzene rings is 1. The van der Waals surface area contributed by atoms with Gasteiger partial charge in [0.15, 0.2) is 5.96 Å². The lowest BCUT2D eigenvalue weighted by molar-refractivity contribution is 0.627. The quantitative estimate of drug-likeness (QED) is 0.890. The standard InChI is InChI=1S/C14H16FN5/c15-11-2-4-13(5-3-11)20-9-6-12(19-20)10-18-14-16-7-1-8-17-14/h2-6,9H,1,7-8,10H2,(H2,16,17,18). The first-order valence-corrected chi connectivity index (χ1v) is 6.64. The van der Waals surface area contributed by atoms with Gasteiger partial charge in [-0.3, -0.25) is 4.99 Å². The van der Waals surface area contributed by atoms with Crippen LogP contribution >= 0.6 is 0 Å². The Labute approximate surface area is 116 Å². The topological polar surface area (TPSA) is 54.2 Å². The first-order chi connectivity index (χ1) is 9.81. The minimum atomic E-state index is -0.246. The second-order valence-electron chi connectivity index (χ2n) is 4.59. The zero-order valence-electron chi connectivity index (χ0n) is 11.0. The molecule has 0 unspecified atom stereocenters. The van der Waals surface area contributed by atoms with Gasteiger partial charge in [-0.2, -0.15) is 5.10 Å². The molecule has 0 atom stereocenters. The molecule has 0 aliphatic carbocycles. The van der Waals surface area contributed by atoms with E-state index in [1.807, 2.05) is 12.3 Å². The summed E-state index contributed by atoms with van der Waals surface area (Å²) >= 11 is 0. The van der Waals surface area contributed by atoms with Crippen molar-refractivity contribution in [2.75, 3.05) is 13.1 Å². The molecule has 2 N–H and O–H groups in total. The zero-order valence-corrected chi connectivity index (χ0v) is 11.0. The van der Waals surface area contributed by atoms with E-state index in [1.165, 1.54) is 12.1 Å². The van der Waals surface area contributed by atoms with Gasteiger partial charge in [-0.25, -0.2) is 9.07 Å². The summed E-state index contributed by atoms with van der Waals surface area (Å²) < 4.78 is 14.6. The third kappa shape index (κ3) is 2.96. The molecular formula is C14H16FN5. The average molecular weight is 273 g/mol. The Kier molecular flexibility index (Phi) is 3.62. The molecule has 20 heavy (non-hydrogen) atoms. The highest BCUT2D eigenvalue weighted by Crippen LogP contribution is 2.08. The van der Waals surface area contributed by atoms with Crippen molar-refractivity contribution in [3.8, 4) is 5.69 Å². The number of nitrogens with zero attached hydrogens (tertiary/aromatic N) is 3. The minimum absolute atomic E-state index is 0.246. The molecule has 0 saturated carbocycles. The summed E-state index contributed by atoms with van der Waals surface area (Å²) in [6, 6.07) is 8.18. The molecule has 1 aromatic heterocycles. The second kappa shape index (κ2) is 5.73. The molecule has 2 aromatic rings. The van der Waals surface area contributed by atoms with Crippen molar-refractivity contribution in [3.05, 3.63) is 48.0 Å². The van der Waals surface area contributed by atoms with E-state index < -0.39 is 0 Å². The Bertz CT molecular complexity index is 602. The van der Waals surface area contributed by atoms with Crippen LogP contribution in [0.4, 0.5) is 4.39 Å². The molecule has 104 valence electrons. The molecule has 1 aromatic carbocycles. The highest BCUT2D eigenvalue weighted by atomic mass is 19.1. The largest absolute Gasteiger partial charge is 0.356 e. The normalized spacial score (nSPS) is 14.6. The van der Waals surface area contributed by atoms with E-state index in [-0.39, 0.29) is 5.82 Å². The summed E-state index contributed by atoms with van der Waals surface area (Å²) in [5.41, 5.74) is 1.75. The smallest absolute Gasteiger partial charge is 0.191 e. The lowest BCUT2D eigenvalue weighted by Crippen LogP contribution is -2.40. The van der Waals surface area contributed by atoms with Crippen LogP contribution in [-0.2, 0) is 6.54 Å². The maximum atomic E-state index is 12.9. The summed E-state index contributed by atoms with van der Waals surface area (Å²) in [5.74, 6) is 0.580. The molecule has 0 fully saturated rings. The van der Waals surface area contributed by atoms with Gasteiger partial charge in [-0.05, 0) is 36.8 Å². The molecule has 0 amide bonds. The van der Waals surface area contributed by atoms with E-state index in [0.29, 0.717) is 6.54 Å². The molecule has 1 aliphatic heterocycles. The Hall–Kier alpha value is -2.37. The van der Waals surface area contributed by atoms with E-state index in [0.717, 1.165) is 36.9 Å². The summed E-state index contributed by atoms with van der Waals surface area (Å²) in [5, 5.41) is 10.9. The average Bonchev–Trinajstić information content (AvgIpc) is 2.96. The zero-order chi connectivity index (χ0) is 13.8. The monoisotopic (exact) mass is 273 g/mol. The van der Waals surface area contributed by atoms with Gasteiger partial charge >= 0.3 is 0 Å². The van der Waals surface area contributed by atoms with Crippen LogP contribution in [0.1, 0.15) is 12.1 Å². The highest BCUT2D eigenvalue weighted by Gasteiger charge is 2.05. The van der Waals surface area contributed by atoms with Crippen molar-refractivity contribution in [3.63, 3.8) is 0 Å². The van der Waals surface area contributed by atoms with Gasteiger partial charge in [0.1, 0.15) is 5.82 Å². The predicted octanol–water partition coefficient (Wildman–Crippen LogP) is 1.45. The van der Waals surface area contributed by atoms with Crippen molar-refractivity contribution in [1.82, 2.24) is 20.4 Å². The molecule has 0 bridgehead atoms. The lowest BCUT2D eigenvalue weighted by atomic mass is 10.3. The number of halogens is 1. The van der Waals surface area contributed by atoms with Crippen molar-refractivity contribution >= 4 is 5.96 Å². The summed E-state index contributed by atoms with van der Waals surface area (Å²) in [4.78, 5) is 4.34. The summed E-state index contributed by atoms with van der Waals surface area (Å²) in [6.07, 6.45) is 2.94. The van der Waals surface area contributed by atoms with Gasteiger partial charge in [0.05, 0.1) is 17.9 Å². The third-order valence-electron chi connectivity index (χ3n) is 3.07. The van der Waals surface area contributed by atoms with Crippen molar-refractivity contribution in [2.45, 2.75) is 13.0 Å². The van der Waals surface area contributed by atoms with Crippen molar-refractivity contribution < 1.29 is 4.39 Å². The van der Waals surface area contributed by atoms with E-state index in [4.69, 9.17) is 0 Å². The number of hydrogen-bond acceptors (Lipinski definition) is 4. The van der Waals surface area contributed by atoms with Gasteiger partial charge in [0.25, 0.3) is 0 Å². The third-order valence-corrected chi connectivity index (χ3v) is 3.07. The number of aliphatic imine (C=N–C) groups is 1. The first kappa shape index (κ1) is 12.7. The predicted molar refractivity (Wildman–Crippen MR) is 75.3 cm³/mol. The first-order valence-electron chi connectivity index (χ1n) is 6.64. The fourth-order valence-corrected chi connectivity index (χ4v) is 2.02. The van der Waals surface area contributed by atoms with Gasteiger partial charge in [0, 0.05) is 19.3 Å². The molecule has 0 saturated heterocycles. The number of rotatable bonds is 3. The SMILES string of the molecule is Fc1ccc(-n2ccc(CNC3=NCCCN3)n2)cc1. The van der Waals surface area contributed by atoms with Crippen LogP contribution in [0.25, 0.3) is 5.69 Å². The molecular weight excluding hydrogens is 257 g/mol. The number of nitrogens with one attached hydrogen (secondary N) is 2. The number of hydrogen-bond donors (Lipinski definition) is 2. The maximum absolute atomic E-state index is 12.9. The van der Waals surface area contributed by atoms with Crippen LogP contribution < -0.4 is 10.6 Å². The fourth-order valence-electron chi connectivity index (χ4n) is 2.02. The molecule has 0 spiro atoms. The van der Waals surface area contributed by atoms with E-state index in [9.17, 15) is 4.39 Å². The summed E-state index contributed by atoms with van der Waals surface area (Å²) in [6.45, 7) is 2.43. The van der Waals surface area contributed by atoms with Crippen LogP contribution in [0.5, 0.6) is 0 Å². The number of guanidine groups is 1. The van der Waals surface area contributed by atoms with E-state index >= 15 is 0 Å². The summed E-state index contributed by atoms with van der Waals surface area (Å²) in [7, 11) is 0. The molecule has 3 rings (SSSR count). The van der Waals surface area contributed by atoms with Crippen LogP contribution in [0.2, 0.25) is 0 Å². The molecule has 5 nitrogen and oxygen atoms in total. The minimum Gasteiger partial charge on any atom is -0.356 e. The fraction of sp³-hybridized carbons (Fsp3) is 0.286. The Balaban J connectivity index is 1.64. The van der Waals surface area contributed by atoms with E-state index in [2.05, 4.69) is 20.7 Å². The molecule has 6 heteroatoms. The van der Waals surface area contributed by atoms with Crippen molar-refractivity contribution in [2.24, 2.45) is 4.99 Å². The van der Waals surface area contributed by atoms with Gasteiger partial charge in [-0.1, -0.05) is 0 Å². The maximum Gasteiger partial charge on any atom is 0.191 e.